The van der Waals surface area contributed by atoms with Crippen molar-refractivity contribution in [2.24, 2.45) is 11.8 Å². The van der Waals surface area contributed by atoms with Gasteiger partial charge in [-0.05, 0) is 31.3 Å². The zero-order valence-electron chi connectivity index (χ0n) is 10.9. The maximum Gasteiger partial charge on any atom is 0.122 e. The minimum Gasteiger partial charge on any atom is -0.316 e. The van der Waals surface area contributed by atoms with E-state index in [0.717, 1.165) is 24.6 Å². The molecular formula is C9H19N. The summed E-state index contributed by atoms with van der Waals surface area (Å²) >= 11 is 0. The summed E-state index contributed by atoms with van der Waals surface area (Å²) in [5, 5.41) is 0.931. The van der Waals surface area contributed by atoms with Crippen LogP contribution in [0.4, 0.5) is 0 Å². The summed E-state index contributed by atoms with van der Waals surface area (Å²) in [7, 11) is 0. The molecule has 2 atom stereocenters. The van der Waals surface area contributed by atoms with Crippen molar-refractivity contribution in [3.05, 3.63) is 0 Å². The molecule has 1 N–H and O–H groups in total. The van der Waals surface area contributed by atoms with E-state index in [1.807, 2.05) is 0 Å². The van der Waals surface area contributed by atoms with E-state index in [-0.39, 0.29) is 5.92 Å². The molecule has 1 rings (SSSR count). The average molecular weight is 145 g/mol. The van der Waals surface area contributed by atoms with E-state index in [9.17, 15) is 0 Å². The molecule has 0 saturated carbocycles. The summed E-state index contributed by atoms with van der Waals surface area (Å²) < 4.78 is 30.9. The largest absolute Gasteiger partial charge is 0.316 e. The van der Waals surface area contributed by atoms with Gasteiger partial charge in [-0.25, -0.2) is 0 Å². The van der Waals surface area contributed by atoms with Crippen molar-refractivity contribution < 1.29 is 5.52 Å². The molecular weight excluding hydrogens is 122 g/mol. The van der Waals surface area contributed by atoms with Crippen molar-refractivity contribution in [2.45, 2.75) is 33.1 Å². The second-order valence-corrected chi connectivity index (χ2v) is 2.97. The summed E-state index contributed by atoms with van der Waals surface area (Å²) in [6, 6.07) is 0. The Balaban J connectivity index is 2.72. The lowest BCUT2D eigenvalue weighted by atomic mass is 9.93. The van der Waals surface area contributed by atoms with Crippen molar-refractivity contribution in [1.82, 2.24) is 5.31 Å². The first kappa shape index (κ1) is 4.10. The molecule has 1 aliphatic heterocycles. The summed E-state index contributed by atoms with van der Waals surface area (Å²) in [5.41, 5.74) is 0. The minimum absolute atomic E-state index is 0.0186. The topological polar surface area (TPSA) is 12.0 Å². The van der Waals surface area contributed by atoms with Crippen molar-refractivity contribution >= 4 is 0 Å². The number of nitrogens with one attached hydrogen (secondary N) is 1. The third kappa shape index (κ3) is 1.98. The molecule has 1 aliphatic rings. The van der Waals surface area contributed by atoms with E-state index < -0.39 is 12.4 Å². The lowest BCUT2D eigenvalue weighted by Crippen LogP contribution is -2.09. The average Bonchev–Trinajstić information content (AvgIpc) is 2.23. The standard InChI is InChI=1S/C9H19N/c1-3-4-5-9-7-10-6-8(9)2/h8-10H,3-7H2,1-2H3/i6D2,8D/hD. The Kier molecular flexibility index (Phi) is 1.63. The highest BCUT2D eigenvalue weighted by atomic mass is 14.9. The molecule has 0 aromatic carbocycles. The molecule has 1 fully saturated rings. The van der Waals surface area contributed by atoms with Crippen molar-refractivity contribution in [2.75, 3.05) is 13.0 Å². The molecule has 10 heavy (non-hydrogen) atoms. The molecule has 0 amide bonds. The third-order valence-corrected chi connectivity index (χ3v) is 2.09. The van der Waals surface area contributed by atoms with Crippen LogP contribution >= 0.6 is 0 Å². The second-order valence-electron chi connectivity index (χ2n) is 2.97. The number of hydrogen-bond acceptors (Lipinski definition) is 1. The molecule has 0 aromatic heterocycles. The predicted octanol–water partition coefficient (Wildman–Crippen LogP) is 2.03. The molecule has 0 spiro atoms. The minimum atomic E-state index is -1.81. The third-order valence-electron chi connectivity index (χ3n) is 2.09. The lowest BCUT2D eigenvalue weighted by Gasteiger charge is -2.12. The second kappa shape index (κ2) is 3.97. The van der Waals surface area contributed by atoms with Gasteiger partial charge in [-0.1, -0.05) is 26.7 Å². The van der Waals surface area contributed by atoms with Crippen molar-refractivity contribution in [3.63, 3.8) is 0 Å². The van der Waals surface area contributed by atoms with Gasteiger partial charge < -0.3 is 5.31 Å². The maximum atomic E-state index is 8.02. The normalized spacial score (nSPS) is 53.2. The summed E-state index contributed by atoms with van der Waals surface area (Å²) in [4.78, 5) is 0. The van der Waals surface area contributed by atoms with Crippen LogP contribution in [0.2, 0.25) is 1.41 Å². The SMILES string of the molecule is [2H]N1CC(CCCC)C([2H])(C)C1([2H])[2H]. The van der Waals surface area contributed by atoms with Crippen LogP contribution in [0.25, 0.3) is 0 Å². The van der Waals surface area contributed by atoms with Gasteiger partial charge in [-0.2, -0.15) is 0 Å². The Morgan fingerprint density at radius 1 is 1.90 bits per heavy atom. The maximum absolute atomic E-state index is 8.02. The van der Waals surface area contributed by atoms with Crippen molar-refractivity contribution in [3.8, 4) is 0 Å². The van der Waals surface area contributed by atoms with Crippen LogP contribution in [-0.2, 0) is 0 Å². The molecule has 1 saturated heterocycles. The van der Waals surface area contributed by atoms with Gasteiger partial charge in [0.25, 0.3) is 0 Å². The highest BCUT2D eigenvalue weighted by molar-refractivity contribution is 4.77. The fourth-order valence-electron chi connectivity index (χ4n) is 1.27. The highest BCUT2D eigenvalue weighted by Crippen LogP contribution is 2.21. The number of hydrogen-bond donors (Lipinski definition) is 1. The molecule has 60 valence electrons. The molecule has 1 nitrogen and oxygen atoms in total. The Morgan fingerprint density at radius 2 is 2.70 bits per heavy atom. The lowest BCUT2D eigenvalue weighted by molar-refractivity contribution is 0.409. The quantitative estimate of drug-likeness (QED) is 0.641. The van der Waals surface area contributed by atoms with Gasteiger partial charge in [0.1, 0.15) is 1.41 Å². The number of rotatable bonds is 3. The van der Waals surface area contributed by atoms with E-state index >= 15 is 0 Å². The van der Waals surface area contributed by atoms with Gasteiger partial charge in [0.15, 0.2) is 0 Å². The van der Waals surface area contributed by atoms with Gasteiger partial charge in [0.2, 0.25) is 0 Å². The van der Waals surface area contributed by atoms with E-state index in [4.69, 9.17) is 5.52 Å². The first-order valence-corrected chi connectivity index (χ1v) is 4.10. The van der Waals surface area contributed by atoms with E-state index in [1.165, 1.54) is 0 Å². The van der Waals surface area contributed by atoms with Gasteiger partial charge >= 0.3 is 0 Å². The summed E-state index contributed by atoms with van der Waals surface area (Å²) in [5.74, 6) is -1.17. The smallest absolute Gasteiger partial charge is 0.122 e. The van der Waals surface area contributed by atoms with Crippen LogP contribution in [0.3, 0.4) is 0 Å². The van der Waals surface area contributed by atoms with Crippen LogP contribution in [0, 0.1) is 11.8 Å². The van der Waals surface area contributed by atoms with Crippen LogP contribution in [0.1, 0.15) is 37.2 Å². The van der Waals surface area contributed by atoms with Crippen molar-refractivity contribution in [1.29, 1.82) is 0 Å². The summed E-state index contributed by atoms with van der Waals surface area (Å²) in [6.45, 7) is 2.27. The number of unbranched alkanes of at least 4 members (excludes halogenated alkanes) is 1. The zero-order valence-corrected chi connectivity index (χ0v) is 6.85. The van der Waals surface area contributed by atoms with Crippen LogP contribution in [-0.4, -0.2) is 13.0 Å². The van der Waals surface area contributed by atoms with E-state index in [0.29, 0.717) is 6.54 Å². The molecule has 0 bridgehead atoms. The fraction of sp³-hybridized carbons (Fsp3) is 1.00. The van der Waals surface area contributed by atoms with E-state index in [2.05, 4.69) is 6.92 Å². The van der Waals surface area contributed by atoms with Gasteiger partial charge in [-0.3, -0.25) is 0 Å². The molecule has 1 heterocycles. The van der Waals surface area contributed by atoms with Crippen LogP contribution in [0.15, 0.2) is 0 Å². The first-order valence-electron chi connectivity index (χ1n) is 6.05. The molecule has 0 aromatic rings. The predicted molar refractivity (Wildman–Crippen MR) is 45.0 cm³/mol. The molecule has 2 unspecified atom stereocenters. The van der Waals surface area contributed by atoms with Gasteiger partial charge in [0.05, 0.1) is 0 Å². The van der Waals surface area contributed by atoms with Gasteiger partial charge in [-0.15, -0.1) is 0 Å². The van der Waals surface area contributed by atoms with E-state index in [1.54, 1.807) is 6.92 Å². The molecule has 0 radical (unpaired) electrons. The Bertz CT molecular complexity index is 205. The zero-order chi connectivity index (χ0) is 11.0. The fourth-order valence-corrected chi connectivity index (χ4v) is 1.27. The molecule has 1 heteroatoms. The Morgan fingerprint density at radius 3 is 3.20 bits per heavy atom. The first-order chi connectivity index (χ1) is 6.34. The van der Waals surface area contributed by atoms with Gasteiger partial charge in [0, 0.05) is 4.11 Å². The molecule has 0 aliphatic carbocycles. The van der Waals surface area contributed by atoms with Crippen LogP contribution < -0.4 is 5.31 Å². The summed E-state index contributed by atoms with van der Waals surface area (Å²) in [6.07, 6.45) is 2.93. The van der Waals surface area contributed by atoms with Crippen LogP contribution in [0.5, 0.6) is 0 Å². The monoisotopic (exact) mass is 145 g/mol. The highest BCUT2D eigenvalue weighted by Gasteiger charge is 2.21. The Labute approximate surface area is 69.9 Å². The Hall–Kier alpha value is -0.0400.